The zero-order chi connectivity index (χ0) is 16.5. The number of carbonyl (C=O) groups excluding carboxylic acids is 1. The van der Waals surface area contributed by atoms with E-state index in [2.05, 4.69) is 6.92 Å². The van der Waals surface area contributed by atoms with Crippen molar-refractivity contribution in [2.24, 2.45) is 0 Å². The van der Waals surface area contributed by atoms with E-state index in [1.807, 2.05) is 30.3 Å². The maximum Gasteiger partial charge on any atom is 0.200 e. The van der Waals surface area contributed by atoms with Gasteiger partial charge in [-0.3, -0.25) is 4.79 Å². The summed E-state index contributed by atoms with van der Waals surface area (Å²) in [6, 6.07) is 14.7. The van der Waals surface area contributed by atoms with Crippen molar-refractivity contribution in [2.45, 2.75) is 32.6 Å². The zero-order valence-corrected chi connectivity index (χ0v) is 13.9. The molecule has 2 aromatic carbocycles. The summed E-state index contributed by atoms with van der Waals surface area (Å²) in [6.45, 7) is 2.79. The van der Waals surface area contributed by atoms with Crippen LogP contribution in [0, 0.1) is 0 Å². The number of hydrogen-bond acceptors (Lipinski definition) is 3. The molecule has 2 rings (SSSR count). The van der Waals surface area contributed by atoms with E-state index in [-0.39, 0.29) is 5.78 Å². The standard InChI is InChI=1S/C20H24O3/c1-3-4-5-9-15-23-18-14-10-13-17(22-2)19(18)20(21)16-11-7-6-8-12-16/h6-8,10-14H,3-5,9,15H2,1-2H3. The molecule has 0 aliphatic carbocycles. The minimum Gasteiger partial charge on any atom is -0.496 e. The lowest BCUT2D eigenvalue weighted by Crippen LogP contribution is -2.08. The van der Waals surface area contributed by atoms with Gasteiger partial charge < -0.3 is 9.47 Å². The molecule has 0 aliphatic rings. The van der Waals surface area contributed by atoms with Crippen molar-refractivity contribution in [3.05, 3.63) is 59.7 Å². The van der Waals surface area contributed by atoms with E-state index in [9.17, 15) is 4.79 Å². The summed E-state index contributed by atoms with van der Waals surface area (Å²) in [5.41, 5.74) is 1.13. The molecular formula is C20H24O3. The third-order valence-electron chi connectivity index (χ3n) is 3.73. The lowest BCUT2D eigenvalue weighted by molar-refractivity contribution is 0.103. The fraction of sp³-hybridized carbons (Fsp3) is 0.350. The summed E-state index contributed by atoms with van der Waals surface area (Å²) in [4.78, 5) is 12.8. The molecular weight excluding hydrogens is 288 g/mol. The number of ether oxygens (including phenoxy) is 2. The van der Waals surface area contributed by atoms with Gasteiger partial charge in [0.05, 0.1) is 13.7 Å². The molecule has 0 N–H and O–H groups in total. The summed E-state index contributed by atoms with van der Waals surface area (Å²) in [5.74, 6) is 1.06. The molecule has 0 heterocycles. The predicted molar refractivity (Wildman–Crippen MR) is 92.5 cm³/mol. The lowest BCUT2D eigenvalue weighted by Gasteiger charge is -2.14. The van der Waals surface area contributed by atoms with Crippen LogP contribution in [0.4, 0.5) is 0 Å². The Labute approximate surface area is 138 Å². The van der Waals surface area contributed by atoms with Crippen LogP contribution in [0.2, 0.25) is 0 Å². The Hall–Kier alpha value is -2.29. The topological polar surface area (TPSA) is 35.5 Å². The molecule has 0 amide bonds. The van der Waals surface area contributed by atoms with Crippen LogP contribution in [-0.4, -0.2) is 19.5 Å². The largest absolute Gasteiger partial charge is 0.496 e. The first-order chi connectivity index (χ1) is 11.3. The summed E-state index contributed by atoms with van der Waals surface area (Å²) in [6.07, 6.45) is 4.53. The van der Waals surface area contributed by atoms with E-state index in [1.165, 1.54) is 12.8 Å². The monoisotopic (exact) mass is 312 g/mol. The average Bonchev–Trinajstić information content (AvgIpc) is 2.61. The molecule has 0 saturated carbocycles. The van der Waals surface area contributed by atoms with Crippen molar-refractivity contribution in [1.29, 1.82) is 0 Å². The Balaban J connectivity index is 2.20. The van der Waals surface area contributed by atoms with Crippen LogP contribution < -0.4 is 9.47 Å². The number of methoxy groups -OCH3 is 1. The molecule has 0 radical (unpaired) electrons. The third kappa shape index (κ3) is 4.59. The molecule has 0 fully saturated rings. The van der Waals surface area contributed by atoms with Crippen LogP contribution in [0.25, 0.3) is 0 Å². The highest BCUT2D eigenvalue weighted by Crippen LogP contribution is 2.31. The molecule has 122 valence electrons. The normalized spacial score (nSPS) is 10.3. The van der Waals surface area contributed by atoms with Gasteiger partial charge in [0.25, 0.3) is 0 Å². The van der Waals surface area contributed by atoms with E-state index < -0.39 is 0 Å². The minimum atomic E-state index is -0.0772. The Morgan fingerprint density at radius 3 is 2.35 bits per heavy atom. The molecule has 0 spiro atoms. The van der Waals surface area contributed by atoms with Gasteiger partial charge in [-0.15, -0.1) is 0 Å². The van der Waals surface area contributed by atoms with E-state index in [1.54, 1.807) is 25.3 Å². The molecule has 0 aliphatic heterocycles. The number of ketones is 1. The Kier molecular flexibility index (Phi) is 6.67. The van der Waals surface area contributed by atoms with Crippen LogP contribution in [0.5, 0.6) is 11.5 Å². The van der Waals surface area contributed by atoms with Gasteiger partial charge in [0.2, 0.25) is 5.78 Å². The minimum absolute atomic E-state index is 0.0772. The van der Waals surface area contributed by atoms with Gasteiger partial charge in [0.15, 0.2) is 0 Å². The van der Waals surface area contributed by atoms with Crippen molar-refractivity contribution in [3.8, 4) is 11.5 Å². The second-order valence-electron chi connectivity index (χ2n) is 5.44. The first-order valence-electron chi connectivity index (χ1n) is 8.17. The summed E-state index contributed by atoms with van der Waals surface area (Å²) < 4.78 is 11.2. The van der Waals surface area contributed by atoms with Gasteiger partial charge in [-0.05, 0) is 18.6 Å². The highest BCUT2D eigenvalue weighted by Gasteiger charge is 2.19. The average molecular weight is 312 g/mol. The molecule has 0 bridgehead atoms. The Morgan fingerprint density at radius 1 is 0.913 bits per heavy atom. The smallest absolute Gasteiger partial charge is 0.200 e. The van der Waals surface area contributed by atoms with Crippen LogP contribution in [-0.2, 0) is 0 Å². The lowest BCUT2D eigenvalue weighted by atomic mass is 10.0. The van der Waals surface area contributed by atoms with Gasteiger partial charge in [-0.2, -0.15) is 0 Å². The molecule has 3 nitrogen and oxygen atoms in total. The van der Waals surface area contributed by atoms with Crippen molar-refractivity contribution < 1.29 is 14.3 Å². The quantitative estimate of drug-likeness (QED) is 0.489. The summed E-state index contributed by atoms with van der Waals surface area (Å²) in [5, 5.41) is 0. The van der Waals surface area contributed by atoms with Crippen LogP contribution in [0.15, 0.2) is 48.5 Å². The van der Waals surface area contributed by atoms with Crippen LogP contribution in [0.1, 0.15) is 48.5 Å². The summed E-state index contributed by atoms with van der Waals surface area (Å²) in [7, 11) is 1.57. The fourth-order valence-corrected chi connectivity index (χ4v) is 2.47. The molecule has 2 aromatic rings. The number of unbranched alkanes of at least 4 members (excludes halogenated alkanes) is 3. The van der Waals surface area contributed by atoms with Crippen molar-refractivity contribution in [2.75, 3.05) is 13.7 Å². The van der Waals surface area contributed by atoms with Gasteiger partial charge >= 0.3 is 0 Å². The molecule has 3 heteroatoms. The van der Waals surface area contributed by atoms with E-state index in [0.717, 1.165) is 12.8 Å². The van der Waals surface area contributed by atoms with Gasteiger partial charge in [-0.25, -0.2) is 0 Å². The molecule has 0 atom stereocenters. The van der Waals surface area contributed by atoms with Gasteiger partial charge in [0, 0.05) is 5.56 Å². The molecule has 0 unspecified atom stereocenters. The maximum atomic E-state index is 12.8. The fourth-order valence-electron chi connectivity index (χ4n) is 2.47. The summed E-state index contributed by atoms with van der Waals surface area (Å²) >= 11 is 0. The maximum absolute atomic E-state index is 12.8. The van der Waals surface area contributed by atoms with Gasteiger partial charge in [-0.1, -0.05) is 62.6 Å². The highest BCUT2D eigenvalue weighted by atomic mass is 16.5. The van der Waals surface area contributed by atoms with E-state index in [0.29, 0.717) is 29.2 Å². The molecule has 0 aromatic heterocycles. The zero-order valence-electron chi connectivity index (χ0n) is 13.9. The Bertz CT molecular complexity index is 620. The number of hydrogen-bond donors (Lipinski definition) is 0. The van der Waals surface area contributed by atoms with E-state index >= 15 is 0 Å². The van der Waals surface area contributed by atoms with Crippen LogP contribution >= 0.6 is 0 Å². The second kappa shape index (κ2) is 8.99. The predicted octanol–water partition coefficient (Wildman–Crippen LogP) is 4.89. The van der Waals surface area contributed by atoms with Crippen molar-refractivity contribution in [3.63, 3.8) is 0 Å². The van der Waals surface area contributed by atoms with Crippen molar-refractivity contribution >= 4 is 5.78 Å². The number of benzene rings is 2. The Morgan fingerprint density at radius 2 is 1.65 bits per heavy atom. The highest BCUT2D eigenvalue weighted by molar-refractivity contribution is 6.12. The second-order valence-corrected chi connectivity index (χ2v) is 5.44. The molecule has 23 heavy (non-hydrogen) atoms. The van der Waals surface area contributed by atoms with Crippen LogP contribution in [0.3, 0.4) is 0 Å². The number of carbonyl (C=O) groups is 1. The van der Waals surface area contributed by atoms with E-state index in [4.69, 9.17) is 9.47 Å². The first-order valence-corrected chi connectivity index (χ1v) is 8.17. The van der Waals surface area contributed by atoms with Gasteiger partial charge in [0.1, 0.15) is 17.1 Å². The third-order valence-corrected chi connectivity index (χ3v) is 3.73. The molecule has 0 saturated heterocycles. The number of rotatable bonds is 9. The van der Waals surface area contributed by atoms with Crippen molar-refractivity contribution in [1.82, 2.24) is 0 Å². The first kappa shape index (κ1) is 17.1. The SMILES string of the molecule is CCCCCCOc1cccc(OC)c1C(=O)c1ccccc1.